The maximum absolute atomic E-state index is 5.60. The van der Waals surface area contributed by atoms with Gasteiger partial charge in [0.15, 0.2) is 0 Å². The Morgan fingerprint density at radius 3 is 2.81 bits per heavy atom. The molecule has 0 saturated carbocycles. The monoisotopic (exact) mass is 244 g/mol. The molecule has 1 saturated heterocycles. The average molecular weight is 244 g/mol. The average Bonchev–Trinajstić information content (AvgIpc) is 2.29. The molecule has 1 aliphatic heterocycles. The molecular formula is C12H24N2OS. The van der Waals surface area contributed by atoms with E-state index in [1.54, 1.807) is 0 Å². The van der Waals surface area contributed by atoms with E-state index in [9.17, 15) is 0 Å². The van der Waals surface area contributed by atoms with E-state index in [1.165, 1.54) is 32.1 Å². The molecule has 1 fully saturated rings. The van der Waals surface area contributed by atoms with E-state index in [2.05, 4.69) is 11.8 Å². The van der Waals surface area contributed by atoms with Crippen LogP contribution in [0.3, 0.4) is 0 Å². The van der Waals surface area contributed by atoms with Crippen molar-refractivity contribution in [3.63, 3.8) is 0 Å². The highest BCUT2D eigenvalue weighted by molar-refractivity contribution is 7.80. The zero-order valence-corrected chi connectivity index (χ0v) is 11.1. The number of nitrogens with zero attached hydrogens (tertiary/aromatic N) is 1. The molecule has 2 N–H and O–H groups in total. The summed E-state index contributed by atoms with van der Waals surface area (Å²) in [5.41, 5.74) is 5.60. The maximum Gasteiger partial charge on any atom is 0.120 e. The molecule has 0 amide bonds. The smallest absolute Gasteiger partial charge is 0.120 e. The normalized spacial score (nSPS) is 22.2. The van der Waals surface area contributed by atoms with Crippen LogP contribution < -0.4 is 5.73 Å². The molecule has 0 aromatic carbocycles. The Kier molecular flexibility index (Phi) is 6.92. The Morgan fingerprint density at radius 2 is 2.12 bits per heavy atom. The van der Waals surface area contributed by atoms with E-state index >= 15 is 0 Å². The van der Waals surface area contributed by atoms with Crippen molar-refractivity contribution in [1.29, 1.82) is 0 Å². The van der Waals surface area contributed by atoms with Gasteiger partial charge in [-0.15, -0.1) is 0 Å². The summed E-state index contributed by atoms with van der Waals surface area (Å²) in [5, 5.41) is 0. The van der Waals surface area contributed by atoms with Crippen LogP contribution in [0.1, 0.15) is 39.0 Å². The standard InChI is InChI=1S/C12H24N2OS/c1-2-3-4-5-6-7-14-8-9-15-11(10-14)12(13)16/h11H,2-10H2,1H3,(H2,13,16). The Balaban J connectivity index is 2.10. The molecule has 0 aromatic heterocycles. The highest BCUT2D eigenvalue weighted by atomic mass is 32.1. The molecule has 4 heteroatoms. The summed E-state index contributed by atoms with van der Waals surface area (Å²) in [6.45, 7) is 6.06. The predicted octanol–water partition coefficient (Wildman–Crippen LogP) is 1.94. The van der Waals surface area contributed by atoms with Gasteiger partial charge in [0, 0.05) is 13.1 Å². The van der Waals surface area contributed by atoms with Gasteiger partial charge in [0.05, 0.1) is 6.61 Å². The SMILES string of the molecule is CCCCCCCN1CCOC(C(N)=S)C1. The predicted molar refractivity (Wildman–Crippen MR) is 71.7 cm³/mol. The first-order valence-electron chi connectivity index (χ1n) is 6.37. The van der Waals surface area contributed by atoms with Crippen LogP contribution in [-0.2, 0) is 4.74 Å². The molecule has 1 heterocycles. The largest absolute Gasteiger partial charge is 0.391 e. The van der Waals surface area contributed by atoms with E-state index in [4.69, 9.17) is 22.7 Å². The van der Waals surface area contributed by atoms with E-state index in [0.29, 0.717) is 4.99 Å². The fourth-order valence-corrected chi connectivity index (χ4v) is 2.16. The zero-order valence-electron chi connectivity index (χ0n) is 10.3. The van der Waals surface area contributed by atoms with Gasteiger partial charge in [-0.25, -0.2) is 0 Å². The van der Waals surface area contributed by atoms with Crippen molar-refractivity contribution in [2.24, 2.45) is 5.73 Å². The molecule has 1 atom stereocenters. The molecule has 94 valence electrons. The molecule has 16 heavy (non-hydrogen) atoms. The van der Waals surface area contributed by atoms with Crippen LogP contribution in [0, 0.1) is 0 Å². The molecule has 0 radical (unpaired) electrons. The van der Waals surface area contributed by atoms with Crippen LogP contribution in [0.2, 0.25) is 0 Å². The second-order valence-corrected chi connectivity index (χ2v) is 4.95. The molecule has 0 aromatic rings. The van der Waals surface area contributed by atoms with E-state index < -0.39 is 0 Å². The number of thiocarbonyl (C=S) groups is 1. The van der Waals surface area contributed by atoms with Crippen LogP contribution in [0.4, 0.5) is 0 Å². The number of nitrogens with two attached hydrogens (primary N) is 1. The quantitative estimate of drug-likeness (QED) is 0.549. The van der Waals surface area contributed by atoms with Crippen molar-refractivity contribution in [1.82, 2.24) is 4.90 Å². The number of morpholine rings is 1. The van der Waals surface area contributed by atoms with Crippen molar-refractivity contribution in [2.45, 2.75) is 45.1 Å². The number of unbranched alkanes of at least 4 members (excludes halogenated alkanes) is 4. The van der Waals surface area contributed by atoms with Crippen LogP contribution in [0.5, 0.6) is 0 Å². The lowest BCUT2D eigenvalue weighted by Gasteiger charge is -2.32. The highest BCUT2D eigenvalue weighted by Crippen LogP contribution is 2.08. The van der Waals surface area contributed by atoms with Crippen LogP contribution >= 0.6 is 12.2 Å². The minimum Gasteiger partial charge on any atom is -0.391 e. The van der Waals surface area contributed by atoms with Crippen molar-refractivity contribution < 1.29 is 4.74 Å². The van der Waals surface area contributed by atoms with Gasteiger partial charge in [0.2, 0.25) is 0 Å². The number of ether oxygens (including phenoxy) is 1. The lowest BCUT2D eigenvalue weighted by atomic mass is 10.1. The highest BCUT2D eigenvalue weighted by Gasteiger charge is 2.21. The minimum atomic E-state index is -0.0283. The van der Waals surface area contributed by atoms with Gasteiger partial charge >= 0.3 is 0 Å². The third-order valence-electron chi connectivity index (χ3n) is 3.05. The van der Waals surface area contributed by atoms with Gasteiger partial charge in [-0.1, -0.05) is 44.8 Å². The third-order valence-corrected chi connectivity index (χ3v) is 3.31. The summed E-state index contributed by atoms with van der Waals surface area (Å²) in [5.74, 6) is 0. The summed E-state index contributed by atoms with van der Waals surface area (Å²) >= 11 is 4.96. The van der Waals surface area contributed by atoms with Crippen molar-refractivity contribution in [2.75, 3.05) is 26.2 Å². The number of rotatable bonds is 7. The van der Waals surface area contributed by atoms with Gasteiger partial charge in [0.1, 0.15) is 11.1 Å². The first-order valence-corrected chi connectivity index (χ1v) is 6.78. The molecule has 1 unspecified atom stereocenters. The Hall–Kier alpha value is -0.190. The van der Waals surface area contributed by atoms with Crippen LogP contribution in [0.25, 0.3) is 0 Å². The van der Waals surface area contributed by atoms with Gasteiger partial charge < -0.3 is 10.5 Å². The van der Waals surface area contributed by atoms with Crippen molar-refractivity contribution in [3.05, 3.63) is 0 Å². The Labute approximate surface area is 104 Å². The molecule has 3 nitrogen and oxygen atoms in total. The topological polar surface area (TPSA) is 38.5 Å². The first kappa shape index (κ1) is 13.9. The Bertz CT molecular complexity index is 211. The van der Waals surface area contributed by atoms with Crippen LogP contribution in [0.15, 0.2) is 0 Å². The van der Waals surface area contributed by atoms with Gasteiger partial charge in [-0.2, -0.15) is 0 Å². The molecule has 0 bridgehead atoms. The maximum atomic E-state index is 5.60. The first-order chi connectivity index (χ1) is 7.74. The van der Waals surface area contributed by atoms with Crippen molar-refractivity contribution in [3.8, 4) is 0 Å². The summed E-state index contributed by atoms with van der Waals surface area (Å²) < 4.78 is 5.51. The van der Waals surface area contributed by atoms with E-state index in [-0.39, 0.29) is 6.10 Å². The zero-order chi connectivity index (χ0) is 11.8. The second-order valence-electron chi connectivity index (χ2n) is 4.48. The van der Waals surface area contributed by atoms with E-state index in [0.717, 1.165) is 26.2 Å². The lowest BCUT2D eigenvalue weighted by Crippen LogP contribution is -2.47. The van der Waals surface area contributed by atoms with Gasteiger partial charge in [-0.05, 0) is 13.0 Å². The molecule has 1 rings (SSSR count). The summed E-state index contributed by atoms with van der Waals surface area (Å²) in [6.07, 6.45) is 6.62. The van der Waals surface area contributed by atoms with E-state index in [1.807, 2.05) is 0 Å². The molecule has 0 spiro atoms. The second kappa shape index (κ2) is 7.98. The lowest BCUT2D eigenvalue weighted by molar-refractivity contribution is 0.00667. The molecule has 1 aliphatic rings. The number of hydrogen-bond acceptors (Lipinski definition) is 3. The number of hydrogen-bond donors (Lipinski definition) is 1. The fraction of sp³-hybridized carbons (Fsp3) is 0.917. The molecular weight excluding hydrogens is 220 g/mol. The summed E-state index contributed by atoms with van der Waals surface area (Å²) in [7, 11) is 0. The van der Waals surface area contributed by atoms with Crippen LogP contribution in [-0.4, -0.2) is 42.2 Å². The fourth-order valence-electron chi connectivity index (χ4n) is 2.02. The van der Waals surface area contributed by atoms with Crippen molar-refractivity contribution >= 4 is 17.2 Å². The van der Waals surface area contributed by atoms with Gasteiger partial charge in [0.25, 0.3) is 0 Å². The molecule has 0 aliphatic carbocycles. The minimum absolute atomic E-state index is 0.0283. The Morgan fingerprint density at radius 1 is 1.38 bits per heavy atom. The van der Waals surface area contributed by atoms with Gasteiger partial charge in [-0.3, -0.25) is 4.90 Å². The summed E-state index contributed by atoms with van der Waals surface area (Å²) in [6, 6.07) is 0. The third kappa shape index (κ3) is 5.23. The summed E-state index contributed by atoms with van der Waals surface area (Å²) in [4.78, 5) is 2.91.